The van der Waals surface area contributed by atoms with E-state index in [2.05, 4.69) is 5.32 Å². The summed E-state index contributed by atoms with van der Waals surface area (Å²) in [6.07, 6.45) is 1.48. The van der Waals surface area contributed by atoms with Crippen LogP contribution in [0, 0.1) is 5.41 Å². The van der Waals surface area contributed by atoms with E-state index in [0.29, 0.717) is 24.4 Å². The Morgan fingerprint density at radius 2 is 2.24 bits per heavy atom. The topological polar surface area (TPSA) is 125 Å². The van der Waals surface area contributed by atoms with Gasteiger partial charge in [0.1, 0.15) is 11.9 Å². The highest BCUT2D eigenvalue weighted by Gasteiger charge is 2.33. The SMILES string of the molecule is N=C(N)c1ccc(CNC(=O)C2CCCN2C(=O)CN)s1. The first-order valence-corrected chi connectivity index (χ1v) is 7.55. The minimum absolute atomic E-state index is 0.0214. The van der Waals surface area contributed by atoms with Gasteiger partial charge >= 0.3 is 0 Å². The Bertz CT molecular complexity index is 557. The van der Waals surface area contributed by atoms with Crippen LogP contribution in [0.15, 0.2) is 12.1 Å². The molecule has 7 nitrogen and oxygen atoms in total. The zero-order valence-corrected chi connectivity index (χ0v) is 12.4. The van der Waals surface area contributed by atoms with Crippen molar-refractivity contribution in [2.75, 3.05) is 13.1 Å². The lowest BCUT2D eigenvalue weighted by atomic mass is 10.2. The summed E-state index contributed by atoms with van der Waals surface area (Å²) < 4.78 is 0. The average Bonchev–Trinajstić information content (AvgIpc) is 3.12. The van der Waals surface area contributed by atoms with Gasteiger partial charge in [-0.25, -0.2) is 0 Å². The molecule has 1 aliphatic rings. The molecule has 0 aromatic carbocycles. The Labute approximate surface area is 126 Å². The third-order valence-electron chi connectivity index (χ3n) is 3.41. The zero-order valence-electron chi connectivity index (χ0n) is 11.6. The number of thiophene rings is 1. The Kier molecular flexibility index (Phi) is 4.92. The van der Waals surface area contributed by atoms with Crippen LogP contribution in [0.25, 0.3) is 0 Å². The molecule has 0 radical (unpaired) electrons. The molecule has 21 heavy (non-hydrogen) atoms. The van der Waals surface area contributed by atoms with E-state index in [-0.39, 0.29) is 24.2 Å². The number of hydrogen-bond acceptors (Lipinski definition) is 5. The van der Waals surface area contributed by atoms with E-state index in [1.807, 2.05) is 6.07 Å². The first-order chi connectivity index (χ1) is 10.0. The maximum Gasteiger partial charge on any atom is 0.243 e. The number of nitrogens with two attached hydrogens (primary N) is 2. The Balaban J connectivity index is 1.91. The fourth-order valence-corrected chi connectivity index (χ4v) is 3.17. The first-order valence-electron chi connectivity index (χ1n) is 6.73. The smallest absolute Gasteiger partial charge is 0.243 e. The number of carbonyl (C=O) groups is 2. The predicted octanol–water partition coefficient (Wildman–Crippen LogP) is -0.402. The molecule has 2 amide bonds. The van der Waals surface area contributed by atoms with Gasteiger partial charge in [-0.15, -0.1) is 11.3 Å². The Hall–Kier alpha value is -1.93. The lowest BCUT2D eigenvalue weighted by Crippen LogP contribution is -2.47. The second kappa shape index (κ2) is 6.68. The summed E-state index contributed by atoms with van der Waals surface area (Å²) in [5, 5.41) is 10.2. The molecular formula is C13H19N5O2S. The van der Waals surface area contributed by atoms with E-state index in [9.17, 15) is 9.59 Å². The van der Waals surface area contributed by atoms with Gasteiger partial charge < -0.3 is 21.7 Å². The number of likely N-dealkylation sites (tertiary alicyclic amines) is 1. The van der Waals surface area contributed by atoms with Crippen molar-refractivity contribution in [3.63, 3.8) is 0 Å². The summed E-state index contributed by atoms with van der Waals surface area (Å²) in [7, 11) is 0. The average molecular weight is 309 g/mol. The van der Waals surface area contributed by atoms with E-state index in [4.69, 9.17) is 16.9 Å². The summed E-state index contributed by atoms with van der Waals surface area (Å²) in [5.41, 5.74) is 10.8. The molecule has 1 aliphatic heterocycles. The molecule has 1 unspecified atom stereocenters. The quantitative estimate of drug-likeness (QED) is 0.436. The minimum Gasteiger partial charge on any atom is -0.383 e. The fraction of sp³-hybridized carbons (Fsp3) is 0.462. The third kappa shape index (κ3) is 3.59. The van der Waals surface area contributed by atoms with Crippen LogP contribution in [0.1, 0.15) is 22.6 Å². The van der Waals surface area contributed by atoms with Crippen molar-refractivity contribution >= 4 is 29.0 Å². The van der Waals surface area contributed by atoms with E-state index >= 15 is 0 Å². The largest absolute Gasteiger partial charge is 0.383 e. The van der Waals surface area contributed by atoms with Gasteiger partial charge in [-0.1, -0.05) is 0 Å². The maximum absolute atomic E-state index is 12.2. The summed E-state index contributed by atoms with van der Waals surface area (Å²) in [4.78, 5) is 27.0. The molecule has 1 fully saturated rings. The molecule has 0 bridgehead atoms. The van der Waals surface area contributed by atoms with Crippen LogP contribution < -0.4 is 16.8 Å². The molecule has 2 heterocycles. The summed E-state index contributed by atoms with van der Waals surface area (Å²) in [5.74, 6) is -0.331. The molecule has 1 aromatic rings. The van der Waals surface area contributed by atoms with Crippen molar-refractivity contribution in [3.8, 4) is 0 Å². The van der Waals surface area contributed by atoms with Crippen LogP contribution in [0.2, 0.25) is 0 Å². The van der Waals surface area contributed by atoms with Gasteiger partial charge in [0.25, 0.3) is 0 Å². The lowest BCUT2D eigenvalue weighted by Gasteiger charge is -2.23. The molecule has 2 rings (SSSR count). The van der Waals surface area contributed by atoms with Crippen molar-refractivity contribution in [1.82, 2.24) is 10.2 Å². The molecule has 0 saturated carbocycles. The highest BCUT2D eigenvalue weighted by atomic mass is 32.1. The highest BCUT2D eigenvalue weighted by molar-refractivity contribution is 7.14. The van der Waals surface area contributed by atoms with Gasteiger partial charge in [0.15, 0.2) is 0 Å². The van der Waals surface area contributed by atoms with Crippen LogP contribution in [0.4, 0.5) is 0 Å². The summed E-state index contributed by atoms with van der Waals surface area (Å²) >= 11 is 1.37. The molecular weight excluding hydrogens is 290 g/mol. The van der Waals surface area contributed by atoms with Crippen LogP contribution in [-0.4, -0.2) is 41.7 Å². The zero-order chi connectivity index (χ0) is 15.4. The number of nitrogen functional groups attached to an aromatic ring is 1. The van der Waals surface area contributed by atoms with Gasteiger partial charge in [0, 0.05) is 11.4 Å². The second-order valence-electron chi connectivity index (χ2n) is 4.85. The van der Waals surface area contributed by atoms with Gasteiger partial charge in [-0.05, 0) is 25.0 Å². The Morgan fingerprint density at radius 3 is 2.86 bits per heavy atom. The normalized spacial score (nSPS) is 17.8. The monoisotopic (exact) mass is 309 g/mol. The number of amides is 2. The highest BCUT2D eigenvalue weighted by Crippen LogP contribution is 2.19. The van der Waals surface area contributed by atoms with Crippen molar-refractivity contribution < 1.29 is 9.59 Å². The van der Waals surface area contributed by atoms with Crippen molar-refractivity contribution in [1.29, 1.82) is 5.41 Å². The van der Waals surface area contributed by atoms with Crippen LogP contribution in [0.3, 0.4) is 0 Å². The Morgan fingerprint density at radius 1 is 1.48 bits per heavy atom. The van der Waals surface area contributed by atoms with Crippen LogP contribution in [-0.2, 0) is 16.1 Å². The number of rotatable bonds is 5. The lowest BCUT2D eigenvalue weighted by molar-refractivity contribution is -0.137. The van der Waals surface area contributed by atoms with E-state index < -0.39 is 6.04 Å². The third-order valence-corrected chi connectivity index (χ3v) is 4.53. The maximum atomic E-state index is 12.2. The molecule has 1 saturated heterocycles. The van der Waals surface area contributed by atoms with Crippen molar-refractivity contribution in [2.45, 2.75) is 25.4 Å². The number of hydrogen-bond donors (Lipinski definition) is 4. The second-order valence-corrected chi connectivity index (χ2v) is 6.02. The molecule has 0 spiro atoms. The molecule has 6 N–H and O–H groups in total. The van der Waals surface area contributed by atoms with E-state index in [1.54, 1.807) is 11.0 Å². The van der Waals surface area contributed by atoms with Crippen LogP contribution >= 0.6 is 11.3 Å². The number of amidine groups is 1. The van der Waals surface area contributed by atoms with E-state index in [0.717, 1.165) is 11.3 Å². The predicted molar refractivity (Wildman–Crippen MR) is 81.0 cm³/mol. The first kappa shape index (κ1) is 15.5. The van der Waals surface area contributed by atoms with Gasteiger partial charge in [-0.2, -0.15) is 0 Å². The number of nitrogens with zero attached hydrogens (tertiary/aromatic N) is 1. The number of nitrogens with one attached hydrogen (secondary N) is 2. The molecule has 1 atom stereocenters. The summed E-state index contributed by atoms with van der Waals surface area (Å²) in [6.45, 7) is 0.885. The molecule has 114 valence electrons. The summed E-state index contributed by atoms with van der Waals surface area (Å²) in [6, 6.07) is 3.17. The van der Waals surface area contributed by atoms with E-state index in [1.165, 1.54) is 11.3 Å². The minimum atomic E-state index is -0.423. The van der Waals surface area contributed by atoms with Crippen molar-refractivity contribution in [2.24, 2.45) is 11.5 Å². The molecule has 8 heteroatoms. The molecule has 0 aliphatic carbocycles. The fourth-order valence-electron chi connectivity index (χ4n) is 2.36. The van der Waals surface area contributed by atoms with Gasteiger partial charge in [0.2, 0.25) is 11.8 Å². The standard InChI is InChI=1S/C13H19N5O2S/c14-6-11(19)18-5-1-2-9(18)13(20)17-7-8-3-4-10(21-8)12(15)16/h3-4,9H,1-2,5-7,14H2,(H3,15,16)(H,17,20). The van der Waals surface area contributed by atoms with Gasteiger partial charge in [0.05, 0.1) is 18.0 Å². The van der Waals surface area contributed by atoms with Crippen LogP contribution in [0.5, 0.6) is 0 Å². The van der Waals surface area contributed by atoms with Crippen molar-refractivity contribution in [3.05, 3.63) is 21.9 Å². The number of carbonyl (C=O) groups excluding carboxylic acids is 2. The molecule has 1 aromatic heterocycles. The van der Waals surface area contributed by atoms with Gasteiger partial charge in [-0.3, -0.25) is 15.0 Å².